The molecular weight excluding hydrogens is 166 g/mol. The molecule has 2 fully saturated rings. The van der Waals surface area contributed by atoms with Crippen LogP contribution in [0.1, 0.15) is 32.6 Å². The summed E-state index contributed by atoms with van der Waals surface area (Å²) in [5, 5.41) is 19.4. The molecule has 0 aromatic rings. The first-order valence-electron chi connectivity index (χ1n) is 4.86. The maximum absolute atomic E-state index is 9.91. The average molecular weight is 183 g/mol. The molecular formula is C10H17NO2. The van der Waals surface area contributed by atoms with E-state index >= 15 is 0 Å². The molecule has 0 saturated heterocycles. The van der Waals surface area contributed by atoms with Crippen molar-refractivity contribution in [2.75, 3.05) is 0 Å². The van der Waals surface area contributed by atoms with Crippen molar-refractivity contribution >= 4 is 6.72 Å². The number of rotatable bonds is 1. The Bertz CT molecular complexity index is 239. The monoisotopic (exact) mass is 183 g/mol. The van der Waals surface area contributed by atoms with E-state index in [1.165, 1.54) is 0 Å². The fourth-order valence-electron chi connectivity index (χ4n) is 3.21. The molecule has 2 rings (SSSR count). The molecule has 74 valence electrons. The number of hydrogen-bond acceptors (Lipinski definition) is 3. The van der Waals surface area contributed by atoms with Crippen LogP contribution in [0.5, 0.6) is 0 Å². The van der Waals surface area contributed by atoms with Crippen LogP contribution >= 0.6 is 0 Å². The molecule has 2 saturated carbocycles. The minimum Gasteiger partial charge on any atom is -0.393 e. The lowest BCUT2D eigenvalue weighted by Gasteiger charge is -2.24. The Balaban J connectivity index is 2.25. The predicted molar refractivity (Wildman–Crippen MR) is 50.9 cm³/mol. The van der Waals surface area contributed by atoms with Crippen LogP contribution < -0.4 is 0 Å². The first-order chi connectivity index (χ1) is 5.97. The van der Waals surface area contributed by atoms with E-state index in [0.717, 1.165) is 12.8 Å². The minimum atomic E-state index is -0.605. The summed E-state index contributed by atoms with van der Waals surface area (Å²) in [6.45, 7) is 5.46. The summed E-state index contributed by atoms with van der Waals surface area (Å²) in [4.78, 5) is 4.16. The molecule has 0 bridgehead atoms. The van der Waals surface area contributed by atoms with Crippen LogP contribution in [0.2, 0.25) is 0 Å². The van der Waals surface area contributed by atoms with Gasteiger partial charge in [0, 0.05) is 6.42 Å². The normalized spacial score (nSPS) is 55.0. The third kappa shape index (κ3) is 1.30. The maximum atomic E-state index is 9.91. The molecule has 2 N–H and O–H groups in total. The van der Waals surface area contributed by atoms with E-state index in [2.05, 4.69) is 11.7 Å². The number of aliphatic imine (C=N–C) groups is 1. The van der Waals surface area contributed by atoms with Crippen molar-refractivity contribution < 1.29 is 10.2 Å². The van der Waals surface area contributed by atoms with E-state index in [4.69, 9.17) is 0 Å². The fraction of sp³-hybridized carbons (Fsp3) is 0.900. The molecule has 2 aliphatic carbocycles. The Morgan fingerprint density at radius 3 is 2.69 bits per heavy atom. The number of hydrogen-bond donors (Lipinski definition) is 2. The second-order valence-electron chi connectivity index (χ2n) is 4.93. The summed E-state index contributed by atoms with van der Waals surface area (Å²) in [6, 6.07) is 0. The molecule has 13 heavy (non-hydrogen) atoms. The molecule has 0 unspecified atom stereocenters. The molecule has 3 nitrogen and oxygen atoms in total. The standard InChI is InChI=1S/C10H17NO2/c1-9(13)4-7-3-8(12)5-10(7,6-9)11-2/h7-8,12-13H,2-6H2,1H3/t7-,8-,9+,10-/m1/s1. The highest BCUT2D eigenvalue weighted by molar-refractivity contribution is 5.29. The van der Waals surface area contributed by atoms with Gasteiger partial charge in [0.15, 0.2) is 0 Å². The average Bonchev–Trinajstić information content (AvgIpc) is 2.36. The lowest BCUT2D eigenvalue weighted by atomic mass is 9.91. The quantitative estimate of drug-likeness (QED) is 0.589. The summed E-state index contributed by atoms with van der Waals surface area (Å²) in [7, 11) is 0. The van der Waals surface area contributed by atoms with Crippen LogP contribution in [-0.4, -0.2) is 34.2 Å². The molecule has 0 heterocycles. The van der Waals surface area contributed by atoms with Crippen molar-refractivity contribution in [2.45, 2.75) is 49.9 Å². The van der Waals surface area contributed by atoms with Gasteiger partial charge in [-0.15, -0.1) is 0 Å². The largest absolute Gasteiger partial charge is 0.393 e. The molecule has 0 aromatic carbocycles. The van der Waals surface area contributed by atoms with E-state index in [0.29, 0.717) is 18.8 Å². The van der Waals surface area contributed by atoms with E-state index in [-0.39, 0.29) is 11.6 Å². The number of aliphatic hydroxyl groups is 2. The van der Waals surface area contributed by atoms with Crippen LogP contribution in [0.25, 0.3) is 0 Å². The van der Waals surface area contributed by atoms with Gasteiger partial charge in [-0.25, -0.2) is 0 Å². The number of fused-ring (bicyclic) bond motifs is 1. The highest BCUT2D eigenvalue weighted by Crippen LogP contribution is 2.53. The molecule has 2 aliphatic rings. The lowest BCUT2D eigenvalue weighted by molar-refractivity contribution is 0.0493. The predicted octanol–water partition coefficient (Wildman–Crippen LogP) is 0.742. The first kappa shape index (κ1) is 9.16. The SMILES string of the molecule is C=N[C@@]12C[C@H](O)C[C@@H]1C[C@](C)(O)C2. The summed E-state index contributed by atoms with van der Waals surface area (Å²) >= 11 is 0. The van der Waals surface area contributed by atoms with Crippen LogP contribution in [0, 0.1) is 5.92 Å². The minimum absolute atomic E-state index is 0.233. The highest BCUT2D eigenvalue weighted by atomic mass is 16.3. The molecule has 0 aromatic heterocycles. The summed E-state index contributed by atoms with van der Waals surface area (Å²) < 4.78 is 0. The van der Waals surface area contributed by atoms with Crippen LogP contribution in [0.3, 0.4) is 0 Å². The molecule has 4 atom stereocenters. The summed E-state index contributed by atoms with van der Waals surface area (Å²) in [5.41, 5.74) is -0.838. The fourth-order valence-corrected chi connectivity index (χ4v) is 3.21. The Hall–Kier alpha value is -0.410. The molecule has 0 spiro atoms. The van der Waals surface area contributed by atoms with Crippen molar-refractivity contribution in [3.05, 3.63) is 0 Å². The topological polar surface area (TPSA) is 52.8 Å². The zero-order valence-electron chi connectivity index (χ0n) is 8.03. The van der Waals surface area contributed by atoms with Gasteiger partial charge in [0.25, 0.3) is 0 Å². The van der Waals surface area contributed by atoms with Gasteiger partial charge in [-0.3, -0.25) is 4.99 Å². The molecule has 0 amide bonds. The zero-order valence-corrected chi connectivity index (χ0v) is 8.03. The van der Waals surface area contributed by atoms with Crippen LogP contribution in [0.15, 0.2) is 4.99 Å². The lowest BCUT2D eigenvalue weighted by Crippen LogP contribution is -2.29. The number of nitrogens with zero attached hydrogens (tertiary/aromatic N) is 1. The van der Waals surface area contributed by atoms with Gasteiger partial charge in [-0.05, 0) is 38.8 Å². The Morgan fingerprint density at radius 1 is 1.46 bits per heavy atom. The Kier molecular flexibility index (Phi) is 1.79. The molecule has 0 radical (unpaired) electrons. The van der Waals surface area contributed by atoms with Gasteiger partial charge in [-0.1, -0.05) is 0 Å². The van der Waals surface area contributed by atoms with E-state index in [1.54, 1.807) is 0 Å². The number of aliphatic hydroxyl groups excluding tert-OH is 1. The summed E-state index contributed by atoms with van der Waals surface area (Å²) in [6.07, 6.45) is 2.62. The van der Waals surface area contributed by atoms with Gasteiger partial charge >= 0.3 is 0 Å². The zero-order chi connectivity index (χ0) is 9.69. The molecule has 0 aliphatic heterocycles. The van der Waals surface area contributed by atoms with E-state index in [9.17, 15) is 10.2 Å². The van der Waals surface area contributed by atoms with Crippen LogP contribution in [-0.2, 0) is 0 Å². The van der Waals surface area contributed by atoms with E-state index in [1.807, 2.05) is 6.92 Å². The Labute approximate surface area is 78.5 Å². The smallest absolute Gasteiger partial charge is 0.0682 e. The van der Waals surface area contributed by atoms with Crippen LogP contribution in [0.4, 0.5) is 0 Å². The van der Waals surface area contributed by atoms with Gasteiger partial charge in [0.2, 0.25) is 0 Å². The maximum Gasteiger partial charge on any atom is 0.0682 e. The van der Waals surface area contributed by atoms with Gasteiger partial charge < -0.3 is 10.2 Å². The van der Waals surface area contributed by atoms with E-state index < -0.39 is 5.60 Å². The third-order valence-electron chi connectivity index (χ3n) is 3.59. The first-order valence-corrected chi connectivity index (χ1v) is 4.86. The molecule has 3 heteroatoms. The van der Waals surface area contributed by atoms with Crippen molar-refractivity contribution in [2.24, 2.45) is 10.9 Å². The second kappa shape index (κ2) is 2.55. The third-order valence-corrected chi connectivity index (χ3v) is 3.59. The van der Waals surface area contributed by atoms with Gasteiger partial charge in [-0.2, -0.15) is 0 Å². The van der Waals surface area contributed by atoms with Gasteiger partial charge in [0.05, 0.1) is 17.2 Å². The highest BCUT2D eigenvalue weighted by Gasteiger charge is 2.56. The Morgan fingerprint density at radius 2 is 2.15 bits per heavy atom. The van der Waals surface area contributed by atoms with Gasteiger partial charge in [0.1, 0.15) is 0 Å². The second-order valence-corrected chi connectivity index (χ2v) is 4.93. The summed E-state index contributed by atoms with van der Waals surface area (Å²) in [5.74, 6) is 0.329. The van der Waals surface area contributed by atoms with Crippen molar-refractivity contribution in [1.82, 2.24) is 0 Å². The van der Waals surface area contributed by atoms with Crippen molar-refractivity contribution in [3.8, 4) is 0 Å². The van der Waals surface area contributed by atoms with Crippen molar-refractivity contribution in [3.63, 3.8) is 0 Å². The van der Waals surface area contributed by atoms with Crippen molar-refractivity contribution in [1.29, 1.82) is 0 Å².